The number of aromatic nitrogens is 1. The first kappa shape index (κ1) is 14.2. The maximum atomic E-state index is 11.5. The predicted molar refractivity (Wildman–Crippen MR) is 74.0 cm³/mol. The van der Waals surface area contributed by atoms with Crippen molar-refractivity contribution in [2.24, 2.45) is 5.92 Å². The Morgan fingerprint density at radius 1 is 1.41 bits per heavy atom. The van der Waals surface area contributed by atoms with Crippen molar-refractivity contribution in [1.82, 2.24) is 4.37 Å². The molecule has 1 aromatic heterocycles. The lowest BCUT2D eigenvalue weighted by molar-refractivity contribution is 0.101. The molecule has 0 spiro atoms. The van der Waals surface area contributed by atoms with Crippen LogP contribution in [-0.4, -0.2) is 16.7 Å². The first-order valence-corrected chi connectivity index (χ1v) is 7.00. The molecule has 1 aromatic rings. The van der Waals surface area contributed by atoms with Gasteiger partial charge in [-0.15, -0.1) is 0 Å². The van der Waals surface area contributed by atoms with Gasteiger partial charge in [0.25, 0.3) is 0 Å². The van der Waals surface area contributed by atoms with Gasteiger partial charge in [-0.25, -0.2) is 0 Å². The van der Waals surface area contributed by atoms with Crippen molar-refractivity contribution >= 4 is 22.3 Å². The van der Waals surface area contributed by atoms with Gasteiger partial charge in [-0.05, 0) is 37.7 Å². The number of ketones is 1. The van der Waals surface area contributed by atoms with Crippen molar-refractivity contribution in [3.8, 4) is 0 Å². The molecule has 0 amide bonds. The van der Waals surface area contributed by atoms with Crippen LogP contribution in [0.4, 0.5) is 5.00 Å². The minimum absolute atomic E-state index is 0.0981. The Labute approximate surface area is 108 Å². The smallest absolute Gasteiger partial charge is 0.164 e. The number of carbonyl (C=O) groups excluding carboxylic acids is 1. The van der Waals surface area contributed by atoms with Crippen molar-refractivity contribution in [2.75, 3.05) is 11.9 Å². The molecular weight excluding hydrogens is 232 g/mol. The molecule has 1 rings (SSSR count). The molecule has 0 aliphatic rings. The van der Waals surface area contributed by atoms with Gasteiger partial charge < -0.3 is 5.32 Å². The molecule has 0 aliphatic carbocycles. The van der Waals surface area contributed by atoms with Gasteiger partial charge in [0.1, 0.15) is 5.00 Å². The summed E-state index contributed by atoms with van der Waals surface area (Å²) < 4.78 is 4.22. The van der Waals surface area contributed by atoms with Gasteiger partial charge in [-0.1, -0.05) is 26.7 Å². The summed E-state index contributed by atoms with van der Waals surface area (Å²) in [6, 6.07) is 0. The van der Waals surface area contributed by atoms with Gasteiger partial charge in [-0.3, -0.25) is 4.79 Å². The molecule has 0 bridgehead atoms. The largest absolute Gasteiger partial charge is 0.375 e. The first-order valence-electron chi connectivity index (χ1n) is 6.23. The minimum Gasteiger partial charge on any atom is -0.375 e. The second-order valence-electron chi connectivity index (χ2n) is 4.84. The van der Waals surface area contributed by atoms with Gasteiger partial charge in [0.2, 0.25) is 0 Å². The molecule has 1 N–H and O–H groups in total. The maximum absolute atomic E-state index is 11.5. The van der Waals surface area contributed by atoms with Gasteiger partial charge in [-0.2, -0.15) is 4.37 Å². The van der Waals surface area contributed by atoms with Crippen LogP contribution >= 0.6 is 11.5 Å². The number of unbranched alkanes of at least 4 members (excludes halogenated alkanes) is 1. The molecule has 0 atom stereocenters. The van der Waals surface area contributed by atoms with E-state index in [0.717, 1.165) is 35.1 Å². The number of hydrogen-bond donors (Lipinski definition) is 1. The molecule has 0 radical (unpaired) electrons. The van der Waals surface area contributed by atoms with Crippen LogP contribution in [0.1, 0.15) is 56.1 Å². The molecule has 3 nitrogen and oxygen atoms in total. The fourth-order valence-electron chi connectivity index (χ4n) is 1.78. The van der Waals surface area contributed by atoms with E-state index in [2.05, 4.69) is 23.5 Å². The van der Waals surface area contributed by atoms with Gasteiger partial charge in [0.05, 0.1) is 11.3 Å². The van der Waals surface area contributed by atoms with E-state index in [4.69, 9.17) is 0 Å². The number of nitrogens with zero attached hydrogens (tertiary/aromatic N) is 1. The standard InChI is InChI=1S/C13H22N2OS/c1-9(2)7-5-6-8-14-13-12(11(4)16)10(3)15-17-13/h9,14H,5-8H2,1-4H3. The minimum atomic E-state index is 0.0981. The Balaban J connectivity index is 2.39. The molecule has 96 valence electrons. The molecule has 17 heavy (non-hydrogen) atoms. The summed E-state index contributed by atoms with van der Waals surface area (Å²) >= 11 is 1.39. The summed E-state index contributed by atoms with van der Waals surface area (Å²) in [7, 11) is 0. The van der Waals surface area contributed by atoms with E-state index in [1.54, 1.807) is 6.92 Å². The zero-order valence-electron chi connectivity index (χ0n) is 11.2. The molecule has 0 aliphatic heterocycles. The monoisotopic (exact) mass is 254 g/mol. The lowest BCUT2D eigenvalue weighted by Crippen LogP contribution is -2.05. The van der Waals surface area contributed by atoms with Crippen LogP contribution in [0.15, 0.2) is 0 Å². The average Bonchev–Trinajstić information content (AvgIpc) is 2.59. The topological polar surface area (TPSA) is 42.0 Å². The van der Waals surface area contributed by atoms with Crippen LogP contribution in [-0.2, 0) is 0 Å². The van der Waals surface area contributed by atoms with Crippen molar-refractivity contribution in [1.29, 1.82) is 0 Å². The molecule has 0 fully saturated rings. The number of anilines is 1. The summed E-state index contributed by atoms with van der Waals surface area (Å²) in [5.41, 5.74) is 1.60. The first-order chi connectivity index (χ1) is 8.02. The van der Waals surface area contributed by atoms with Crippen molar-refractivity contribution < 1.29 is 4.79 Å². The Morgan fingerprint density at radius 2 is 2.12 bits per heavy atom. The van der Waals surface area contributed by atoms with Crippen LogP contribution in [0.25, 0.3) is 0 Å². The zero-order valence-corrected chi connectivity index (χ0v) is 12.0. The number of Topliss-reactive ketones (excluding diaryl/α,β-unsaturated/α-hetero) is 1. The molecule has 0 aromatic carbocycles. The molecule has 0 saturated heterocycles. The molecule has 1 heterocycles. The van der Waals surface area contributed by atoms with E-state index in [1.165, 1.54) is 24.4 Å². The Bertz CT molecular complexity index is 371. The number of carbonyl (C=O) groups is 1. The fraction of sp³-hybridized carbons (Fsp3) is 0.692. The van der Waals surface area contributed by atoms with Crippen LogP contribution in [0.5, 0.6) is 0 Å². The lowest BCUT2D eigenvalue weighted by atomic mass is 10.1. The Hall–Kier alpha value is -0.900. The number of nitrogens with one attached hydrogen (secondary N) is 1. The molecular formula is C13H22N2OS. The average molecular weight is 254 g/mol. The zero-order chi connectivity index (χ0) is 12.8. The Kier molecular flexibility index (Phi) is 5.62. The highest BCUT2D eigenvalue weighted by Crippen LogP contribution is 2.24. The summed E-state index contributed by atoms with van der Waals surface area (Å²) in [6.45, 7) is 8.90. The third-order valence-electron chi connectivity index (χ3n) is 2.71. The predicted octanol–water partition coefficient (Wildman–Crippen LogP) is 3.89. The van der Waals surface area contributed by atoms with E-state index in [1.807, 2.05) is 6.92 Å². The Morgan fingerprint density at radius 3 is 2.71 bits per heavy atom. The summed E-state index contributed by atoms with van der Waals surface area (Å²) in [5, 5.41) is 4.25. The van der Waals surface area contributed by atoms with E-state index < -0.39 is 0 Å². The van der Waals surface area contributed by atoms with Gasteiger partial charge >= 0.3 is 0 Å². The third-order valence-corrected chi connectivity index (χ3v) is 3.60. The molecule has 0 unspecified atom stereocenters. The highest BCUT2D eigenvalue weighted by molar-refractivity contribution is 7.10. The normalized spacial score (nSPS) is 10.9. The highest BCUT2D eigenvalue weighted by atomic mass is 32.1. The van der Waals surface area contributed by atoms with Crippen molar-refractivity contribution in [2.45, 2.75) is 47.0 Å². The van der Waals surface area contributed by atoms with E-state index in [0.29, 0.717) is 0 Å². The summed E-state index contributed by atoms with van der Waals surface area (Å²) in [6.07, 6.45) is 3.65. The highest BCUT2D eigenvalue weighted by Gasteiger charge is 2.13. The maximum Gasteiger partial charge on any atom is 0.164 e. The van der Waals surface area contributed by atoms with Crippen molar-refractivity contribution in [3.05, 3.63) is 11.3 Å². The van der Waals surface area contributed by atoms with Crippen molar-refractivity contribution in [3.63, 3.8) is 0 Å². The lowest BCUT2D eigenvalue weighted by Gasteiger charge is -2.06. The second kappa shape index (κ2) is 6.74. The SMILES string of the molecule is CC(=O)c1c(C)nsc1NCCCCC(C)C. The number of aryl methyl sites for hydroxylation is 1. The molecule has 4 heteroatoms. The summed E-state index contributed by atoms with van der Waals surface area (Å²) in [4.78, 5) is 11.5. The van der Waals surface area contributed by atoms with Crippen LogP contribution in [0.3, 0.4) is 0 Å². The van der Waals surface area contributed by atoms with E-state index >= 15 is 0 Å². The van der Waals surface area contributed by atoms with Crippen LogP contribution in [0.2, 0.25) is 0 Å². The van der Waals surface area contributed by atoms with E-state index in [9.17, 15) is 4.79 Å². The van der Waals surface area contributed by atoms with Gasteiger partial charge in [0.15, 0.2) is 5.78 Å². The van der Waals surface area contributed by atoms with Gasteiger partial charge in [0, 0.05) is 6.54 Å². The number of rotatable bonds is 7. The molecule has 0 saturated carbocycles. The van der Waals surface area contributed by atoms with Crippen LogP contribution < -0.4 is 5.32 Å². The summed E-state index contributed by atoms with van der Waals surface area (Å²) in [5.74, 6) is 0.870. The third kappa shape index (κ3) is 4.46. The quantitative estimate of drug-likeness (QED) is 0.593. The fourth-order valence-corrected chi connectivity index (χ4v) is 2.65. The van der Waals surface area contributed by atoms with E-state index in [-0.39, 0.29) is 5.78 Å². The second-order valence-corrected chi connectivity index (χ2v) is 5.62. The number of hydrogen-bond acceptors (Lipinski definition) is 4. The van der Waals surface area contributed by atoms with Crippen LogP contribution in [0, 0.1) is 12.8 Å².